The highest BCUT2D eigenvalue weighted by Crippen LogP contribution is 2.39. The highest BCUT2D eigenvalue weighted by molar-refractivity contribution is 6.35. The van der Waals surface area contributed by atoms with Crippen LogP contribution in [0.4, 0.5) is 5.69 Å². The zero-order valence-corrected chi connectivity index (χ0v) is 16.7. The third-order valence-corrected chi connectivity index (χ3v) is 5.08. The fraction of sp³-hybridized carbons (Fsp3) is 0.0455. The molecule has 8 nitrogen and oxygen atoms in total. The van der Waals surface area contributed by atoms with Gasteiger partial charge in [-0.25, -0.2) is 0 Å². The molecule has 0 radical (unpaired) electrons. The lowest BCUT2D eigenvalue weighted by molar-refractivity contribution is -0.384. The average molecular weight is 435 g/mol. The fourth-order valence-corrected chi connectivity index (χ4v) is 3.57. The molecule has 0 spiro atoms. The SMILES string of the molecule is O=C(N[C@H](c1cccc([N+](=O)[O-])c1)c1cc(Cl)c2cccnc2c1O)c1cccnc1. The van der Waals surface area contributed by atoms with E-state index in [9.17, 15) is 20.0 Å². The molecule has 0 unspecified atom stereocenters. The van der Waals surface area contributed by atoms with Crippen LogP contribution in [-0.4, -0.2) is 25.9 Å². The van der Waals surface area contributed by atoms with Crippen LogP contribution in [0.15, 0.2) is 73.2 Å². The van der Waals surface area contributed by atoms with Gasteiger partial charge in [0.1, 0.15) is 11.3 Å². The Morgan fingerprint density at radius 3 is 2.68 bits per heavy atom. The molecule has 1 atom stereocenters. The Kier molecular flexibility index (Phi) is 5.46. The highest BCUT2D eigenvalue weighted by atomic mass is 35.5. The first kappa shape index (κ1) is 20.2. The number of non-ortho nitro benzene ring substituents is 1. The van der Waals surface area contributed by atoms with Crippen LogP contribution < -0.4 is 5.32 Å². The molecule has 0 fully saturated rings. The molecule has 2 heterocycles. The van der Waals surface area contributed by atoms with Crippen LogP contribution >= 0.6 is 11.6 Å². The zero-order valence-electron chi connectivity index (χ0n) is 15.9. The van der Waals surface area contributed by atoms with Crippen molar-refractivity contribution in [2.45, 2.75) is 6.04 Å². The number of nitrogens with one attached hydrogen (secondary N) is 1. The van der Waals surface area contributed by atoms with Crippen molar-refractivity contribution < 1.29 is 14.8 Å². The molecular formula is C22H15ClN4O4. The van der Waals surface area contributed by atoms with Crippen LogP contribution in [-0.2, 0) is 0 Å². The summed E-state index contributed by atoms with van der Waals surface area (Å²) in [5.74, 6) is -0.649. The van der Waals surface area contributed by atoms with Crippen molar-refractivity contribution >= 4 is 34.1 Å². The summed E-state index contributed by atoms with van der Waals surface area (Å²) in [7, 11) is 0. The van der Waals surface area contributed by atoms with Crippen LogP contribution in [0.1, 0.15) is 27.5 Å². The summed E-state index contributed by atoms with van der Waals surface area (Å²) in [6.07, 6.45) is 4.45. The quantitative estimate of drug-likeness (QED) is 0.354. The number of aromatic nitrogens is 2. The number of hydrogen-bond donors (Lipinski definition) is 2. The van der Waals surface area contributed by atoms with E-state index < -0.39 is 16.9 Å². The minimum atomic E-state index is -0.934. The smallest absolute Gasteiger partial charge is 0.269 e. The lowest BCUT2D eigenvalue weighted by Gasteiger charge is -2.22. The van der Waals surface area contributed by atoms with Gasteiger partial charge in [-0.15, -0.1) is 0 Å². The van der Waals surface area contributed by atoms with Gasteiger partial charge in [0.25, 0.3) is 11.6 Å². The van der Waals surface area contributed by atoms with E-state index in [1.165, 1.54) is 42.9 Å². The van der Waals surface area contributed by atoms with Gasteiger partial charge in [0.15, 0.2) is 0 Å². The molecule has 4 aromatic rings. The first-order valence-electron chi connectivity index (χ1n) is 9.17. The van der Waals surface area contributed by atoms with Crippen molar-refractivity contribution in [2.75, 3.05) is 0 Å². The molecule has 0 bridgehead atoms. The number of rotatable bonds is 5. The number of aromatic hydroxyl groups is 1. The van der Waals surface area contributed by atoms with E-state index >= 15 is 0 Å². The van der Waals surface area contributed by atoms with Crippen molar-refractivity contribution in [3.8, 4) is 5.75 Å². The lowest BCUT2D eigenvalue weighted by atomic mass is 9.95. The number of nitrogens with zero attached hydrogens (tertiary/aromatic N) is 3. The molecule has 0 aliphatic rings. The van der Waals surface area contributed by atoms with Crippen LogP contribution in [0.5, 0.6) is 5.75 Å². The van der Waals surface area contributed by atoms with E-state index in [-0.39, 0.29) is 22.5 Å². The van der Waals surface area contributed by atoms with Gasteiger partial charge >= 0.3 is 0 Å². The number of phenolic OH excluding ortho intramolecular Hbond substituents is 1. The summed E-state index contributed by atoms with van der Waals surface area (Å²) >= 11 is 6.42. The molecule has 0 saturated carbocycles. The molecule has 2 N–H and O–H groups in total. The number of halogens is 1. The molecule has 0 aliphatic carbocycles. The monoisotopic (exact) mass is 434 g/mol. The van der Waals surface area contributed by atoms with Crippen LogP contribution in [0.3, 0.4) is 0 Å². The zero-order chi connectivity index (χ0) is 22.0. The lowest BCUT2D eigenvalue weighted by Crippen LogP contribution is -2.29. The second-order valence-corrected chi connectivity index (χ2v) is 7.10. The minimum Gasteiger partial charge on any atom is -0.505 e. The van der Waals surface area contributed by atoms with Crippen molar-refractivity contribution in [3.05, 3.63) is 105 Å². The third-order valence-electron chi connectivity index (χ3n) is 4.77. The summed E-state index contributed by atoms with van der Waals surface area (Å²) in [6, 6.07) is 13.0. The second kappa shape index (κ2) is 8.37. The molecule has 154 valence electrons. The predicted molar refractivity (Wildman–Crippen MR) is 115 cm³/mol. The summed E-state index contributed by atoms with van der Waals surface area (Å²) in [4.78, 5) is 31.8. The first-order valence-corrected chi connectivity index (χ1v) is 9.55. The van der Waals surface area contributed by atoms with Gasteiger partial charge in [-0.2, -0.15) is 0 Å². The summed E-state index contributed by atoms with van der Waals surface area (Å²) in [5.41, 5.74) is 1.06. The van der Waals surface area contributed by atoms with Crippen molar-refractivity contribution in [1.29, 1.82) is 0 Å². The van der Waals surface area contributed by atoms with E-state index in [0.717, 1.165) is 0 Å². The Bertz CT molecular complexity index is 1300. The van der Waals surface area contributed by atoms with Crippen LogP contribution in [0.2, 0.25) is 5.02 Å². The number of carbonyl (C=O) groups excluding carboxylic acids is 1. The molecule has 2 aromatic carbocycles. The molecule has 9 heteroatoms. The molecule has 4 rings (SSSR count). The Morgan fingerprint density at radius 2 is 1.94 bits per heavy atom. The number of nitro groups is 1. The number of amides is 1. The Balaban J connectivity index is 1.88. The van der Waals surface area contributed by atoms with Crippen LogP contribution in [0, 0.1) is 10.1 Å². The van der Waals surface area contributed by atoms with Gasteiger partial charge in [0, 0.05) is 41.7 Å². The number of benzene rings is 2. The molecular weight excluding hydrogens is 420 g/mol. The largest absolute Gasteiger partial charge is 0.505 e. The van der Waals surface area contributed by atoms with Crippen molar-refractivity contribution in [1.82, 2.24) is 15.3 Å². The number of nitro benzene ring substituents is 1. The van der Waals surface area contributed by atoms with Gasteiger partial charge in [-0.3, -0.25) is 24.9 Å². The summed E-state index contributed by atoms with van der Waals surface area (Å²) in [6.45, 7) is 0. The van der Waals surface area contributed by atoms with E-state index in [4.69, 9.17) is 11.6 Å². The number of fused-ring (bicyclic) bond motifs is 1. The van der Waals surface area contributed by atoms with Gasteiger partial charge < -0.3 is 10.4 Å². The fourth-order valence-electron chi connectivity index (χ4n) is 3.30. The second-order valence-electron chi connectivity index (χ2n) is 6.70. The van der Waals surface area contributed by atoms with E-state index in [1.807, 2.05) is 0 Å². The topological polar surface area (TPSA) is 118 Å². The van der Waals surface area contributed by atoms with E-state index in [2.05, 4.69) is 15.3 Å². The van der Waals surface area contributed by atoms with E-state index in [0.29, 0.717) is 21.5 Å². The van der Waals surface area contributed by atoms with Gasteiger partial charge in [-0.05, 0) is 35.9 Å². The molecule has 1 amide bonds. The van der Waals surface area contributed by atoms with Crippen molar-refractivity contribution in [3.63, 3.8) is 0 Å². The van der Waals surface area contributed by atoms with E-state index in [1.54, 1.807) is 30.3 Å². The Labute approximate surface area is 181 Å². The summed E-state index contributed by atoms with van der Waals surface area (Å²) in [5, 5.41) is 25.9. The third kappa shape index (κ3) is 4.01. The number of phenols is 1. The number of hydrogen-bond acceptors (Lipinski definition) is 6. The minimum absolute atomic E-state index is 0.150. The number of pyridine rings is 2. The van der Waals surface area contributed by atoms with Crippen molar-refractivity contribution in [2.24, 2.45) is 0 Å². The van der Waals surface area contributed by atoms with Gasteiger partial charge in [0.2, 0.25) is 0 Å². The van der Waals surface area contributed by atoms with Crippen LogP contribution in [0.25, 0.3) is 10.9 Å². The molecule has 0 aliphatic heterocycles. The highest BCUT2D eigenvalue weighted by Gasteiger charge is 2.25. The normalized spacial score (nSPS) is 11.8. The maximum atomic E-state index is 12.9. The molecule has 31 heavy (non-hydrogen) atoms. The van der Waals surface area contributed by atoms with Gasteiger partial charge in [0.05, 0.1) is 21.6 Å². The predicted octanol–water partition coefficient (Wildman–Crippen LogP) is 4.42. The summed E-state index contributed by atoms with van der Waals surface area (Å²) < 4.78 is 0. The standard InChI is InChI=1S/C22H15ClN4O4/c23-18-11-17(21(28)20-16(18)7-3-9-25-20)19(13-4-1-6-15(10-13)27(30)31)26-22(29)14-5-2-8-24-12-14/h1-12,19,28H,(H,26,29)/t19-/m1/s1. The van der Waals surface area contributed by atoms with Gasteiger partial charge in [-0.1, -0.05) is 23.7 Å². The first-order chi connectivity index (χ1) is 15.0. The maximum Gasteiger partial charge on any atom is 0.269 e. The Hall–Kier alpha value is -4.04. The maximum absolute atomic E-state index is 12.9. The number of carbonyl (C=O) groups is 1. The average Bonchev–Trinajstić information content (AvgIpc) is 2.80. The Morgan fingerprint density at radius 1 is 1.13 bits per heavy atom. The molecule has 2 aromatic heterocycles. The molecule has 0 saturated heterocycles.